The molecule has 124 valence electrons. The molecule has 24 heavy (non-hydrogen) atoms. The van der Waals surface area contributed by atoms with Gasteiger partial charge in [-0.2, -0.15) is 0 Å². The molecule has 8 nitrogen and oxygen atoms in total. The van der Waals surface area contributed by atoms with Crippen molar-refractivity contribution in [3.05, 3.63) is 69.8 Å². The number of benzene rings is 2. The molecule has 3 rings (SSSR count). The Bertz CT molecular complexity index is 905. The molecule has 0 aromatic heterocycles. The minimum atomic E-state index is -3.25. The Kier molecular flexibility index (Phi) is 3.94. The first kappa shape index (κ1) is 15.9. The van der Waals surface area contributed by atoms with Crippen LogP contribution in [0.3, 0.4) is 0 Å². The first-order valence-electron chi connectivity index (χ1n) is 6.89. The van der Waals surface area contributed by atoms with Gasteiger partial charge in [0, 0.05) is 29.5 Å². The second-order valence-corrected chi connectivity index (χ2v) is 7.20. The lowest BCUT2D eigenvalue weighted by Gasteiger charge is -2.12. The van der Waals surface area contributed by atoms with E-state index in [9.17, 15) is 18.5 Å². The molecule has 1 aliphatic heterocycles. The summed E-state index contributed by atoms with van der Waals surface area (Å²) >= 11 is 0. The van der Waals surface area contributed by atoms with Gasteiger partial charge in [-0.25, -0.2) is 8.42 Å². The molecular weight excluding hydrogens is 334 g/mol. The quantitative estimate of drug-likeness (QED) is 0.669. The van der Waals surface area contributed by atoms with Crippen LogP contribution in [0.25, 0.3) is 0 Å². The molecule has 9 heteroatoms. The predicted octanol–water partition coefficient (Wildman–Crippen LogP) is 1.98. The third-order valence-electron chi connectivity index (χ3n) is 3.45. The van der Waals surface area contributed by atoms with Crippen molar-refractivity contribution in [2.45, 2.75) is 11.1 Å². The second kappa shape index (κ2) is 5.93. The maximum atomic E-state index is 11.5. The largest absolute Gasteiger partial charge is 0.446 e. The molecule has 1 atom stereocenters. The minimum absolute atomic E-state index is 0.0155. The highest BCUT2D eigenvalue weighted by Gasteiger charge is 2.23. The Balaban J connectivity index is 1.73. The van der Waals surface area contributed by atoms with Gasteiger partial charge in [0.2, 0.25) is 12.1 Å². The molecule has 1 unspecified atom stereocenters. The fraction of sp³-hybridized carbons (Fsp3) is 0.133. The molecule has 2 aromatic carbocycles. The van der Waals surface area contributed by atoms with Crippen molar-refractivity contribution in [3.8, 4) is 0 Å². The first-order valence-corrected chi connectivity index (χ1v) is 8.78. The number of hydrogen-bond acceptors (Lipinski definition) is 7. The number of hydrazone groups is 1. The van der Waals surface area contributed by atoms with Gasteiger partial charge in [-0.05, 0) is 24.3 Å². The summed E-state index contributed by atoms with van der Waals surface area (Å²) in [6.45, 7) is 0. The molecule has 0 saturated heterocycles. The number of nitrogens with zero attached hydrogens (tertiary/aromatic N) is 2. The van der Waals surface area contributed by atoms with E-state index in [1.165, 1.54) is 24.3 Å². The fourth-order valence-corrected chi connectivity index (χ4v) is 2.80. The number of nitrogens with one attached hydrogen (secondary N) is 1. The van der Waals surface area contributed by atoms with Gasteiger partial charge in [0.05, 0.1) is 9.82 Å². The van der Waals surface area contributed by atoms with Crippen LogP contribution in [0.4, 0.5) is 5.69 Å². The SMILES string of the molecule is CS(=O)(=O)c1ccc(C2NN=C(c3ccc([N+](=O)[O-])cc3)O2)cc1. The van der Waals surface area contributed by atoms with Crippen molar-refractivity contribution >= 4 is 21.4 Å². The average molecular weight is 347 g/mol. The highest BCUT2D eigenvalue weighted by molar-refractivity contribution is 7.90. The van der Waals surface area contributed by atoms with Gasteiger partial charge in [-0.3, -0.25) is 15.5 Å². The van der Waals surface area contributed by atoms with E-state index in [1.807, 2.05) is 0 Å². The van der Waals surface area contributed by atoms with Crippen molar-refractivity contribution in [2.75, 3.05) is 6.26 Å². The van der Waals surface area contributed by atoms with Crippen LogP contribution in [-0.2, 0) is 14.6 Å². The molecule has 0 fully saturated rings. The Hall–Kier alpha value is -2.94. The van der Waals surface area contributed by atoms with E-state index in [-0.39, 0.29) is 10.6 Å². The summed E-state index contributed by atoms with van der Waals surface area (Å²) in [5, 5.41) is 14.7. The van der Waals surface area contributed by atoms with Crippen LogP contribution in [0.15, 0.2) is 58.5 Å². The van der Waals surface area contributed by atoms with Crippen LogP contribution in [-0.4, -0.2) is 25.5 Å². The van der Waals surface area contributed by atoms with E-state index in [1.54, 1.807) is 24.3 Å². The van der Waals surface area contributed by atoms with Crippen molar-refractivity contribution < 1.29 is 18.1 Å². The van der Waals surface area contributed by atoms with Crippen LogP contribution >= 0.6 is 0 Å². The number of nitro groups is 1. The summed E-state index contributed by atoms with van der Waals surface area (Å²) in [7, 11) is -3.25. The fourth-order valence-electron chi connectivity index (χ4n) is 2.17. The van der Waals surface area contributed by atoms with E-state index in [0.717, 1.165) is 6.26 Å². The number of rotatable bonds is 4. The zero-order chi connectivity index (χ0) is 17.3. The third-order valence-corrected chi connectivity index (χ3v) is 4.58. The van der Waals surface area contributed by atoms with Crippen molar-refractivity contribution in [1.82, 2.24) is 5.43 Å². The van der Waals surface area contributed by atoms with Crippen LogP contribution in [0.5, 0.6) is 0 Å². The minimum Gasteiger partial charge on any atom is -0.446 e. The van der Waals surface area contributed by atoms with Crippen molar-refractivity contribution in [2.24, 2.45) is 5.10 Å². The van der Waals surface area contributed by atoms with E-state index < -0.39 is 21.0 Å². The average Bonchev–Trinajstić information content (AvgIpc) is 3.04. The Morgan fingerprint density at radius 2 is 1.75 bits per heavy atom. The molecule has 0 amide bonds. The zero-order valence-electron chi connectivity index (χ0n) is 12.5. The van der Waals surface area contributed by atoms with Crippen LogP contribution in [0.1, 0.15) is 17.4 Å². The standard InChI is InChI=1S/C15H13N3O5S/c1-24(21,22)13-8-4-11(5-9-13)15-17-16-14(23-15)10-2-6-12(7-3-10)18(19)20/h2-9,15,17H,1H3. The number of ether oxygens (including phenoxy) is 1. The van der Waals surface area contributed by atoms with Gasteiger partial charge in [0.1, 0.15) is 0 Å². The molecule has 1 aliphatic rings. The maximum Gasteiger partial charge on any atom is 0.269 e. The molecule has 0 radical (unpaired) electrons. The van der Waals surface area contributed by atoms with Crippen LogP contribution in [0, 0.1) is 10.1 Å². The highest BCUT2D eigenvalue weighted by atomic mass is 32.2. The lowest BCUT2D eigenvalue weighted by atomic mass is 10.2. The summed E-state index contributed by atoms with van der Waals surface area (Å²) in [6, 6.07) is 12.1. The molecule has 0 spiro atoms. The van der Waals surface area contributed by atoms with Crippen molar-refractivity contribution in [1.29, 1.82) is 0 Å². The van der Waals surface area contributed by atoms with Crippen LogP contribution in [0.2, 0.25) is 0 Å². The lowest BCUT2D eigenvalue weighted by Crippen LogP contribution is -2.12. The van der Waals surface area contributed by atoms with Crippen LogP contribution < -0.4 is 5.43 Å². The molecule has 0 saturated carbocycles. The molecule has 2 aromatic rings. The number of non-ortho nitro benzene ring substituents is 1. The topological polar surface area (TPSA) is 111 Å². The van der Waals surface area contributed by atoms with Gasteiger partial charge in [0.15, 0.2) is 9.84 Å². The van der Waals surface area contributed by atoms with E-state index in [4.69, 9.17) is 4.74 Å². The zero-order valence-corrected chi connectivity index (χ0v) is 13.4. The number of sulfone groups is 1. The molecule has 0 aliphatic carbocycles. The van der Waals surface area contributed by atoms with Gasteiger partial charge >= 0.3 is 0 Å². The maximum absolute atomic E-state index is 11.5. The van der Waals surface area contributed by atoms with E-state index >= 15 is 0 Å². The lowest BCUT2D eigenvalue weighted by molar-refractivity contribution is -0.384. The molecule has 1 N–H and O–H groups in total. The highest BCUT2D eigenvalue weighted by Crippen LogP contribution is 2.23. The third kappa shape index (κ3) is 3.20. The second-order valence-electron chi connectivity index (χ2n) is 5.19. The predicted molar refractivity (Wildman–Crippen MR) is 86.1 cm³/mol. The summed E-state index contributed by atoms with van der Waals surface area (Å²) in [6.07, 6.45) is 0.589. The Morgan fingerprint density at radius 1 is 1.12 bits per heavy atom. The summed E-state index contributed by atoms with van der Waals surface area (Å²) < 4.78 is 28.6. The summed E-state index contributed by atoms with van der Waals surface area (Å²) in [5.74, 6) is 0.307. The molecule has 0 bridgehead atoms. The molecule has 1 heterocycles. The van der Waals surface area contributed by atoms with Crippen molar-refractivity contribution in [3.63, 3.8) is 0 Å². The molecular formula is C15H13N3O5S. The smallest absolute Gasteiger partial charge is 0.269 e. The van der Waals surface area contributed by atoms with E-state index in [2.05, 4.69) is 10.5 Å². The van der Waals surface area contributed by atoms with Gasteiger partial charge in [-0.1, -0.05) is 12.1 Å². The number of nitro benzene ring substituents is 1. The Labute approximate surface area is 137 Å². The monoisotopic (exact) mass is 347 g/mol. The van der Waals surface area contributed by atoms with Gasteiger partial charge < -0.3 is 4.74 Å². The normalized spacial score (nSPS) is 16.9. The number of hydrogen-bond donors (Lipinski definition) is 1. The Morgan fingerprint density at radius 3 is 2.29 bits per heavy atom. The first-order chi connectivity index (χ1) is 11.3. The summed E-state index contributed by atoms with van der Waals surface area (Å²) in [5.41, 5.74) is 4.10. The van der Waals surface area contributed by atoms with Gasteiger partial charge in [0.25, 0.3) is 5.69 Å². The summed E-state index contributed by atoms with van der Waals surface area (Å²) in [4.78, 5) is 10.4. The van der Waals surface area contributed by atoms with Gasteiger partial charge in [-0.15, -0.1) is 5.10 Å². The van der Waals surface area contributed by atoms with E-state index in [0.29, 0.717) is 17.0 Å².